The van der Waals surface area contributed by atoms with Crippen LogP contribution in [0.1, 0.15) is 239 Å². The molecule has 4 N–H and O–H groups in total. The fourth-order valence-electron chi connectivity index (χ4n) is 7.99. The zero-order valence-corrected chi connectivity index (χ0v) is 39.9. The Hall–Kier alpha value is -1.82. The van der Waals surface area contributed by atoms with Gasteiger partial charge in [0.1, 0.15) is 31.0 Å². The highest BCUT2D eigenvalue weighted by atomic mass is 16.7. The van der Waals surface area contributed by atoms with Crippen molar-refractivity contribution >= 4 is 11.9 Å². The number of hydrogen-bond donors (Lipinski definition) is 4. The lowest BCUT2D eigenvalue weighted by atomic mass is 9.99. The lowest BCUT2D eigenvalue weighted by molar-refractivity contribution is -0.305. The van der Waals surface area contributed by atoms with Gasteiger partial charge in [0.25, 0.3) is 0 Å². The third-order valence-corrected chi connectivity index (χ3v) is 12.1. The summed E-state index contributed by atoms with van der Waals surface area (Å²) < 4.78 is 22.3. The van der Waals surface area contributed by atoms with Crippen LogP contribution < -0.4 is 0 Å². The van der Waals surface area contributed by atoms with Gasteiger partial charge in [0.05, 0.1) is 13.2 Å². The SMILES string of the molecule is CCCCC/C=C/C/C=C/CCCCCCCCCC(=O)OC[C@H](CO[C@@H]1O[C@H](CO)[C@H](O)C(O)C1O)OC(=O)CCCCCCCCCCCCCCCCCCCCCC. The molecule has 6 atom stereocenters. The van der Waals surface area contributed by atoms with Crippen LogP contribution in [0.25, 0.3) is 0 Å². The molecule has 10 nitrogen and oxygen atoms in total. The van der Waals surface area contributed by atoms with E-state index in [0.29, 0.717) is 6.42 Å². The van der Waals surface area contributed by atoms with E-state index in [1.807, 2.05) is 0 Å². The minimum Gasteiger partial charge on any atom is -0.462 e. The standard InChI is InChI=1S/C52H96O10/c1-3-5-7-9-11-13-15-17-19-21-22-23-25-27-29-31-33-35-37-39-41-48(55)61-45(44-60-52-51(58)50(57)49(56)46(42-53)62-52)43-59-47(54)40-38-36-34-32-30-28-26-24-20-18-16-14-12-10-8-6-4-2/h12,14,18,20,45-46,49-53,56-58H,3-11,13,15-17,19,21-44H2,1-2H3/b14-12+,20-18+/t45-,46-,49+,50?,51?,52-/m1/s1. The molecular weight excluding hydrogens is 785 g/mol. The molecule has 1 aliphatic rings. The summed E-state index contributed by atoms with van der Waals surface area (Å²) in [5.74, 6) is -0.803. The maximum atomic E-state index is 12.8. The molecule has 0 aromatic heterocycles. The first-order chi connectivity index (χ1) is 30.3. The fourth-order valence-corrected chi connectivity index (χ4v) is 7.99. The topological polar surface area (TPSA) is 152 Å². The normalized spacial score (nSPS) is 19.7. The average molecular weight is 881 g/mol. The Morgan fingerprint density at radius 2 is 0.903 bits per heavy atom. The smallest absolute Gasteiger partial charge is 0.306 e. The zero-order valence-electron chi connectivity index (χ0n) is 39.9. The van der Waals surface area contributed by atoms with Crippen LogP contribution in [0.3, 0.4) is 0 Å². The van der Waals surface area contributed by atoms with Gasteiger partial charge in [0.2, 0.25) is 0 Å². The van der Waals surface area contributed by atoms with Crippen molar-refractivity contribution in [3.63, 3.8) is 0 Å². The van der Waals surface area contributed by atoms with Gasteiger partial charge in [0.15, 0.2) is 12.4 Å². The number of esters is 2. The maximum Gasteiger partial charge on any atom is 0.306 e. The van der Waals surface area contributed by atoms with Gasteiger partial charge in [-0.15, -0.1) is 0 Å². The van der Waals surface area contributed by atoms with E-state index in [1.165, 1.54) is 148 Å². The fraction of sp³-hybridized carbons (Fsp3) is 0.885. The van der Waals surface area contributed by atoms with Crippen LogP contribution >= 0.6 is 0 Å². The van der Waals surface area contributed by atoms with E-state index in [4.69, 9.17) is 18.9 Å². The van der Waals surface area contributed by atoms with Gasteiger partial charge < -0.3 is 39.4 Å². The second-order valence-corrected chi connectivity index (χ2v) is 18.0. The highest BCUT2D eigenvalue weighted by Gasteiger charge is 2.44. The van der Waals surface area contributed by atoms with Crippen molar-refractivity contribution in [2.75, 3.05) is 19.8 Å². The first-order valence-electron chi connectivity index (χ1n) is 25.9. The molecule has 10 heteroatoms. The van der Waals surface area contributed by atoms with Gasteiger partial charge in [-0.05, 0) is 44.9 Å². The van der Waals surface area contributed by atoms with Crippen LogP contribution in [0.2, 0.25) is 0 Å². The number of aliphatic hydroxyl groups is 4. The molecule has 364 valence electrons. The van der Waals surface area contributed by atoms with Crippen LogP contribution in [0, 0.1) is 0 Å². The molecule has 2 unspecified atom stereocenters. The first-order valence-corrected chi connectivity index (χ1v) is 25.9. The molecule has 0 aliphatic carbocycles. The van der Waals surface area contributed by atoms with E-state index in [0.717, 1.165) is 57.8 Å². The zero-order chi connectivity index (χ0) is 45.1. The third-order valence-electron chi connectivity index (χ3n) is 12.1. The number of hydrogen-bond acceptors (Lipinski definition) is 10. The Kier molecular flexibility index (Phi) is 40.4. The van der Waals surface area contributed by atoms with Gasteiger partial charge in [-0.2, -0.15) is 0 Å². The largest absolute Gasteiger partial charge is 0.462 e. The Labute approximate surface area is 379 Å². The molecule has 62 heavy (non-hydrogen) atoms. The number of carbonyl (C=O) groups is 2. The molecule has 1 aliphatic heterocycles. The van der Waals surface area contributed by atoms with Crippen molar-refractivity contribution in [2.24, 2.45) is 0 Å². The molecular formula is C52H96O10. The molecule has 0 spiro atoms. The van der Waals surface area contributed by atoms with E-state index >= 15 is 0 Å². The number of ether oxygens (including phenoxy) is 4. The van der Waals surface area contributed by atoms with Crippen molar-refractivity contribution in [1.82, 2.24) is 0 Å². The minimum atomic E-state index is -1.59. The molecule has 0 bridgehead atoms. The molecule has 0 amide bonds. The quantitative estimate of drug-likeness (QED) is 0.0264. The monoisotopic (exact) mass is 881 g/mol. The lowest BCUT2D eigenvalue weighted by Crippen LogP contribution is -2.59. The summed E-state index contributed by atoms with van der Waals surface area (Å²) in [5, 5.41) is 40.2. The summed E-state index contributed by atoms with van der Waals surface area (Å²) in [7, 11) is 0. The van der Waals surface area contributed by atoms with Gasteiger partial charge in [0, 0.05) is 12.8 Å². The summed E-state index contributed by atoms with van der Waals surface area (Å²) in [6, 6.07) is 0. The van der Waals surface area contributed by atoms with Crippen LogP contribution in [-0.2, 0) is 28.5 Å². The second-order valence-electron chi connectivity index (χ2n) is 18.0. The van der Waals surface area contributed by atoms with Crippen LogP contribution in [0.5, 0.6) is 0 Å². The van der Waals surface area contributed by atoms with E-state index < -0.39 is 49.4 Å². The van der Waals surface area contributed by atoms with E-state index in [-0.39, 0.29) is 32.0 Å². The van der Waals surface area contributed by atoms with Crippen LogP contribution in [-0.4, -0.2) is 89.0 Å². The van der Waals surface area contributed by atoms with Gasteiger partial charge >= 0.3 is 11.9 Å². The molecule has 1 fully saturated rings. The van der Waals surface area contributed by atoms with Gasteiger partial charge in [-0.25, -0.2) is 0 Å². The Bertz CT molecular complexity index is 1060. The summed E-state index contributed by atoms with van der Waals surface area (Å²) >= 11 is 0. The highest BCUT2D eigenvalue weighted by Crippen LogP contribution is 2.23. The molecule has 1 heterocycles. The van der Waals surface area contributed by atoms with Crippen molar-refractivity contribution in [3.8, 4) is 0 Å². The van der Waals surface area contributed by atoms with Gasteiger partial charge in [-0.1, -0.05) is 205 Å². The van der Waals surface area contributed by atoms with Crippen molar-refractivity contribution < 1.29 is 49.0 Å². The number of rotatable bonds is 44. The predicted octanol–water partition coefficient (Wildman–Crippen LogP) is 12.1. The summed E-state index contributed by atoms with van der Waals surface area (Å²) in [5.41, 5.74) is 0. The molecule has 1 saturated heterocycles. The van der Waals surface area contributed by atoms with Crippen LogP contribution in [0.15, 0.2) is 24.3 Å². The summed E-state index contributed by atoms with van der Waals surface area (Å²) in [4.78, 5) is 25.4. The number of allylic oxidation sites excluding steroid dienone is 4. The molecule has 1 rings (SSSR count). The van der Waals surface area contributed by atoms with E-state index in [1.54, 1.807) is 0 Å². The first kappa shape index (κ1) is 58.2. The molecule has 0 aromatic rings. The predicted molar refractivity (Wildman–Crippen MR) is 252 cm³/mol. The highest BCUT2D eigenvalue weighted by molar-refractivity contribution is 5.70. The number of unbranched alkanes of at least 4 members (excludes halogenated alkanes) is 29. The summed E-state index contributed by atoms with van der Waals surface area (Å²) in [6.45, 7) is 3.43. The second kappa shape index (κ2) is 43.1. The molecule has 0 radical (unpaired) electrons. The number of carbonyl (C=O) groups excluding carboxylic acids is 2. The molecule has 0 saturated carbocycles. The van der Waals surface area contributed by atoms with E-state index in [2.05, 4.69) is 38.2 Å². The Morgan fingerprint density at radius 1 is 0.500 bits per heavy atom. The summed E-state index contributed by atoms with van der Waals surface area (Å²) in [6.07, 6.45) is 41.8. The lowest BCUT2D eigenvalue weighted by Gasteiger charge is -2.39. The molecule has 0 aromatic carbocycles. The van der Waals surface area contributed by atoms with Gasteiger partial charge in [-0.3, -0.25) is 9.59 Å². The van der Waals surface area contributed by atoms with Crippen molar-refractivity contribution in [2.45, 2.75) is 275 Å². The van der Waals surface area contributed by atoms with Crippen LogP contribution in [0.4, 0.5) is 0 Å². The Morgan fingerprint density at radius 3 is 1.37 bits per heavy atom. The average Bonchev–Trinajstić information content (AvgIpc) is 3.27. The number of aliphatic hydroxyl groups excluding tert-OH is 4. The van der Waals surface area contributed by atoms with Crippen molar-refractivity contribution in [3.05, 3.63) is 24.3 Å². The van der Waals surface area contributed by atoms with E-state index in [9.17, 15) is 30.0 Å². The minimum absolute atomic E-state index is 0.217. The third kappa shape index (κ3) is 33.7. The maximum absolute atomic E-state index is 12.8. The Balaban J connectivity index is 2.25. The van der Waals surface area contributed by atoms with Crippen molar-refractivity contribution in [1.29, 1.82) is 0 Å².